The molecule has 2 aromatic rings. The predicted octanol–water partition coefficient (Wildman–Crippen LogP) is 3.43. The normalized spacial score (nSPS) is 10.4. The number of ether oxygens (including phenoxy) is 2. The van der Waals surface area contributed by atoms with Gasteiger partial charge >= 0.3 is 0 Å². The molecule has 1 aromatic carbocycles. The summed E-state index contributed by atoms with van der Waals surface area (Å²) in [6, 6.07) is 11.3. The van der Waals surface area contributed by atoms with Crippen LogP contribution in [0.1, 0.15) is 18.2 Å². The molecule has 0 unspecified atom stereocenters. The van der Waals surface area contributed by atoms with Crippen LogP contribution in [-0.4, -0.2) is 18.6 Å². The van der Waals surface area contributed by atoms with Crippen LogP contribution in [0.15, 0.2) is 36.4 Å². The van der Waals surface area contributed by atoms with E-state index in [0.29, 0.717) is 24.1 Å². The fourth-order valence-corrected chi connectivity index (χ4v) is 2.13. The van der Waals surface area contributed by atoms with Crippen molar-refractivity contribution in [1.82, 2.24) is 10.3 Å². The third-order valence-electron chi connectivity index (χ3n) is 2.99. The molecule has 0 fully saturated rings. The molecule has 0 atom stereocenters. The molecule has 21 heavy (non-hydrogen) atoms. The number of methoxy groups -OCH3 is 1. The van der Waals surface area contributed by atoms with Crippen LogP contribution >= 0.6 is 11.6 Å². The number of nitrogens with zero attached hydrogens (tertiary/aromatic N) is 1. The van der Waals surface area contributed by atoms with Gasteiger partial charge in [0.15, 0.2) is 0 Å². The van der Waals surface area contributed by atoms with Gasteiger partial charge < -0.3 is 14.8 Å². The summed E-state index contributed by atoms with van der Waals surface area (Å²) >= 11 is 6.24. The van der Waals surface area contributed by atoms with Gasteiger partial charge in [-0.1, -0.05) is 30.7 Å². The average Bonchev–Trinajstić information content (AvgIpc) is 2.52. The van der Waals surface area contributed by atoms with Gasteiger partial charge in [0.05, 0.1) is 12.8 Å². The van der Waals surface area contributed by atoms with Gasteiger partial charge in [0, 0.05) is 23.2 Å². The Morgan fingerprint density at radius 3 is 2.76 bits per heavy atom. The standard InChI is InChI=1S/C16H19ClN2O2/c1-3-18-10-13-14(17)7-5-8-15(13)21-11-12-6-4-9-16(19-12)20-2/h4-9,18H,3,10-11H2,1-2H3. The minimum atomic E-state index is 0.372. The molecule has 0 radical (unpaired) electrons. The number of rotatable bonds is 7. The zero-order valence-electron chi connectivity index (χ0n) is 12.2. The highest BCUT2D eigenvalue weighted by Gasteiger charge is 2.08. The van der Waals surface area contributed by atoms with E-state index < -0.39 is 0 Å². The molecule has 2 rings (SSSR count). The quantitative estimate of drug-likeness (QED) is 0.851. The van der Waals surface area contributed by atoms with Gasteiger partial charge in [-0.3, -0.25) is 0 Å². The van der Waals surface area contributed by atoms with E-state index in [4.69, 9.17) is 21.1 Å². The fourth-order valence-electron chi connectivity index (χ4n) is 1.90. The smallest absolute Gasteiger partial charge is 0.213 e. The monoisotopic (exact) mass is 306 g/mol. The first-order valence-corrected chi connectivity index (χ1v) is 7.23. The van der Waals surface area contributed by atoms with Crippen molar-refractivity contribution >= 4 is 11.6 Å². The second kappa shape index (κ2) is 7.86. The highest BCUT2D eigenvalue weighted by atomic mass is 35.5. The topological polar surface area (TPSA) is 43.4 Å². The van der Waals surface area contributed by atoms with Crippen LogP contribution in [0.25, 0.3) is 0 Å². The van der Waals surface area contributed by atoms with Crippen molar-refractivity contribution < 1.29 is 9.47 Å². The number of hydrogen-bond donors (Lipinski definition) is 1. The zero-order chi connectivity index (χ0) is 15.1. The largest absolute Gasteiger partial charge is 0.487 e. The fraction of sp³-hybridized carbons (Fsp3) is 0.312. The molecular weight excluding hydrogens is 288 g/mol. The molecule has 0 bridgehead atoms. The first kappa shape index (κ1) is 15.6. The van der Waals surface area contributed by atoms with E-state index in [-0.39, 0.29) is 0 Å². The molecule has 4 nitrogen and oxygen atoms in total. The molecule has 0 spiro atoms. The van der Waals surface area contributed by atoms with E-state index in [2.05, 4.69) is 17.2 Å². The third-order valence-corrected chi connectivity index (χ3v) is 3.35. The average molecular weight is 307 g/mol. The first-order valence-electron chi connectivity index (χ1n) is 6.85. The van der Waals surface area contributed by atoms with E-state index in [1.165, 1.54) is 0 Å². The Morgan fingerprint density at radius 2 is 2.00 bits per heavy atom. The van der Waals surface area contributed by atoms with Crippen molar-refractivity contribution in [2.45, 2.75) is 20.1 Å². The van der Waals surface area contributed by atoms with E-state index in [9.17, 15) is 0 Å². The van der Waals surface area contributed by atoms with Crippen LogP contribution in [0, 0.1) is 0 Å². The first-order chi connectivity index (χ1) is 10.2. The second-order valence-electron chi connectivity index (χ2n) is 4.46. The number of benzene rings is 1. The van der Waals surface area contributed by atoms with Gasteiger partial charge in [0.1, 0.15) is 12.4 Å². The number of hydrogen-bond acceptors (Lipinski definition) is 4. The van der Waals surface area contributed by atoms with Crippen LogP contribution in [0.5, 0.6) is 11.6 Å². The number of aromatic nitrogens is 1. The summed E-state index contributed by atoms with van der Waals surface area (Å²) in [4.78, 5) is 4.32. The number of pyridine rings is 1. The van der Waals surface area contributed by atoms with E-state index >= 15 is 0 Å². The highest BCUT2D eigenvalue weighted by Crippen LogP contribution is 2.27. The molecule has 0 aliphatic heterocycles. The molecule has 0 aliphatic carbocycles. The van der Waals surface area contributed by atoms with Gasteiger partial charge in [-0.05, 0) is 24.7 Å². The highest BCUT2D eigenvalue weighted by molar-refractivity contribution is 6.31. The zero-order valence-corrected chi connectivity index (χ0v) is 13.0. The van der Waals surface area contributed by atoms with Crippen molar-refractivity contribution in [2.24, 2.45) is 0 Å². The Hall–Kier alpha value is -1.78. The summed E-state index contributed by atoms with van der Waals surface area (Å²) < 4.78 is 11.0. The number of halogens is 1. The summed E-state index contributed by atoms with van der Waals surface area (Å²) in [7, 11) is 1.60. The Labute approximate surface area is 130 Å². The summed E-state index contributed by atoms with van der Waals surface area (Å²) in [5.41, 5.74) is 1.77. The summed E-state index contributed by atoms with van der Waals surface area (Å²) in [6.07, 6.45) is 0. The summed E-state index contributed by atoms with van der Waals surface area (Å²) in [5.74, 6) is 1.35. The lowest BCUT2D eigenvalue weighted by molar-refractivity contribution is 0.294. The Balaban J connectivity index is 2.10. The Kier molecular flexibility index (Phi) is 5.84. The minimum Gasteiger partial charge on any atom is -0.487 e. The maximum absolute atomic E-state index is 6.24. The Morgan fingerprint density at radius 1 is 1.19 bits per heavy atom. The lowest BCUT2D eigenvalue weighted by Crippen LogP contribution is -2.13. The Bertz CT molecular complexity index is 590. The summed E-state index contributed by atoms with van der Waals surface area (Å²) in [6.45, 7) is 3.98. The molecule has 0 saturated heterocycles. The molecule has 112 valence electrons. The SMILES string of the molecule is CCNCc1c(Cl)cccc1OCc1cccc(OC)n1. The van der Waals surface area contributed by atoms with E-state index in [0.717, 1.165) is 23.6 Å². The molecule has 0 aliphatic rings. The van der Waals surface area contributed by atoms with Crippen LogP contribution < -0.4 is 14.8 Å². The lowest BCUT2D eigenvalue weighted by atomic mass is 10.2. The van der Waals surface area contributed by atoms with Gasteiger partial charge in [-0.25, -0.2) is 4.98 Å². The molecule has 1 N–H and O–H groups in total. The van der Waals surface area contributed by atoms with Crippen molar-refractivity contribution in [3.05, 3.63) is 52.7 Å². The van der Waals surface area contributed by atoms with Crippen molar-refractivity contribution in [3.8, 4) is 11.6 Å². The second-order valence-corrected chi connectivity index (χ2v) is 4.86. The molecule has 1 aromatic heterocycles. The lowest BCUT2D eigenvalue weighted by Gasteiger charge is -2.13. The number of nitrogens with one attached hydrogen (secondary N) is 1. The maximum Gasteiger partial charge on any atom is 0.213 e. The van der Waals surface area contributed by atoms with Crippen LogP contribution in [-0.2, 0) is 13.2 Å². The van der Waals surface area contributed by atoms with E-state index in [1.807, 2.05) is 30.3 Å². The summed E-state index contributed by atoms with van der Waals surface area (Å²) in [5, 5.41) is 3.96. The predicted molar refractivity (Wildman–Crippen MR) is 84.0 cm³/mol. The van der Waals surface area contributed by atoms with E-state index in [1.54, 1.807) is 13.2 Å². The van der Waals surface area contributed by atoms with Crippen LogP contribution in [0.3, 0.4) is 0 Å². The molecule has 0 saturated carbocycles. The van der Waals surface area contributed by atoms with Gasteiger partial charge in [-0.15, -0.1) is 0 Å². The van der Waals surface area contributed by atoms with Crippen molar-refractivity contribution in [1.29, 1.82) is 0 Å². The van der Waals surface area contributed by atoms with Crippen molar-refractivity contribution in [2.75, 3.05) is 13.7 Å². The van der Waals surface area contributed by atoms with Gasteiger partial charge in [0.2, 0.25) is 5.88 Å². The molecule has 0 amide bonds. The maximum atomic E-state index is 6.24. The van der Waals surface area contributed by atoms with Crippen LogP contribution in [0.2, 0.25) is 5.02 Å². The van der Waals surface area contributed by atoms with Gasteiger partial charge in [-0.2, -0.15) is 0 Å². The van der Waals surface area contributed by atoms with Gasteiger partial charge in [0.25, 0.3) is 0 Å². The van der Waals surface area contributed by atoms with Crippen LogP contribution in [0.4, 0.5) is 0 Å². The molecule has 1 heterocycles. The van der Waals surface area contributed by atoms with Crippen molar-refractivity contribution in [3.63, 3.8) is 0 Å². The molecular formula is C16H19ClN2O2. The third kappa shape index (κ3) is 4.34. The molecule has 5 heteroatoms. The minimum absolute atomic E-state index is 0.372.